The van der Waals surface area contributed by atoms with Crippen LogP contribution in [0, 0.1) is 0 Å². The van der Waals surface area contributed by atoms with Gasteiger partial charge in [-0.1, -0.05) is 0 Å². The summed E-state index contributed by atoms with van der Waals surface area (Å²) in [5.74, 6) is 1.61. The van der Waals surface area contributed by atoms with Crippen molar-refractivity contribution >= 4 is 6.09 Å². The second-order valence-electron chi connectivity index (χ2n) is 4.21. The predicted molar refractivity (Wildman–Crippen MR) is 68.0 cm³/mol. The number of hydrogen-bond donors (Lipinski definition) is 0. The molecule has 1 aromatic rings. The van der Waals surface area contributed by atoms with Gasteiger partial charge in [0.25, 0.3) is 0 Å². The van der Waals surface area contributed by atoms with E-state index in [-0.39, 0.29) is 12.2 Å². The third-order valence-electron chi connectivity index (χ3n) is 3.05. The van der Waals surface area contributed by atoms with Crippen LogP contribution in [0.3, 0.4) is 0 Å². The number of carbonyl (C=O) groups is 1. The van der Waals surface area contributed by atoms with Gasteiger partial charge in [-0.25, -0.2) is 4.79 Å². The zero-order chi connectivity index (χ0) is 14.0. The van der Waals surface area contributed by atoms with Gasteiger partial charge in [-0.15, -0.1) is 0 Å². The van der Waals surface area contributed by atoms with Crippen LogP contribution in [0.25, 0.3) is 0 Å². The Hall–Kier alpha value is -2.11. The van der Waals surface area contributed by atoms with Crippen molar-refractivity contribution in [3.63, 3.8) is 0 Å². The Morgan fingerprint density at radius 3 is 2.11 bits per heavy atom. The van der Waals surface area contributed by atoms with Gasteiger partial charge in [-0.2, -0.15) is 0 Å². The normalized spacial score (nSPS) is 18.2. The van der Waals surface area contributed by atoms with Crippen molar-refractivity contribution < 1.29 is 23.7 Å². The van der Waals surface area contributed by atoms with Crippen molar-refractivity contribution in [1.29, 1.82) is 0 Å². The molecule has 1 aliphatic heterocycles. The Morgan fingerprint density at radius 1 is 1.16 bits per heavy atom. The largest absolute Gasteiger partial charge is 0.493 e. The van der Waals surface area contributed by atoms with Gasteiger partial charge in [0.1, 0.15) is 6.10 Å². The fourth-order valence-corrected chi connectivity index (χ4v) is 2.03. The molecular weight excluding hydrogens is 250 g/mol. The zero-order valence-electron chi connectivity index (χ0n) is 11.4. The summed E-state index contributed by atoms with van der Waals surface area (Å²) < 4.78 is 21.1. The van der Waals surface area contributed by atoms with Gasteiger partial charge in [-0.05, 0) is 12.1 Å². The standard InChI is InChI=1S/C13H17NO5/c1-14-7-11(19-13(14)15)8-5-9(16-2)12(18-4)10(6-8)17-3/h5-6,11H,7H2,1-4H3. The van der Waals surface area contributed by atoms with E-state index in [1.807, 2.05) is 0 Å². The summed E-state index contributed by atoms with van der Waals surface area (Å²) in [4.78, 5) is 12.9. The van der Waals surface area contributed by atoms with E-state index in [1.54, 1.807) is 40.5 Å². The lowest BCUT2D eigenvalue weighted by atomic mass is 10.1. The maximum absolute atomic E-state index is 11.4. The lowest BCUT2D eigenvalue weighted by molar-refractivity contribution is 0.134. The van der Waals surface area contributed by atoms with Crippen molar-refractivity contribution in [2.45, 2.75) is 6.10 Å². The summed E-state index contributed by atoms with van der Waals surface area (Å²) in [6.07, 6.45) is -0.662. The summed E-state index contributed by atoms with van der Waals surface area (Å²) in [7, 11) is 6.34. The molecule has 1 atom stereocenters. The molecule has 104 valence electrons. The van der Waals surface area contributed by atoms with Gasteiger partial charge in [0.15, 0.2) is 11.5 Å². The number of nitrogens with zero attached hydrogens (tertiary/aromatic N) is 1. The first-order chi connectivity index (χ1) is 9.10. The molecule has 1 saturated heterocycles. The van der Waals surface area contributed by atoms with E-state index >= 15 is 0 Å². The van der Waals surface area contributed by atoms with Crippen LogP contribution >= 0.6 is 0 Å². The molecule has 2 rings (SSSR count). The molecule has 0 spiro atoms. The van der Waals surface area contributed by atoms with Crippen molar-refractivity contribution in [2.24, 2.45) is 0 Å². The molecule has 0 aromatic heterocycles. The molecule has 1 heterocycles. The van der Waals surface area contributed by atoms with Gasteiger partial charge < -0.3 is 23.8 Å². The topological polar surface area (TPSA) is 57.2 Å². The quantitative estimate of drug-likeness (QED) is 0.833. The average Bonchev–Trinajstić information content (AvgIpc) is 2.76. The van der Waals surface area contributed by atoms with Crippen LogP contribution in [0.5, 0.6) is 17.2 Å². The highest BCUT2D eigenvalue weighted by atomic mass is 16.6. The molecule has 1 aliphatic rings. The number of hydrogen-bond acceptors (Lipinski definition) is 5. The van der Waals surface area contributed by atoms with Gasteiger partial charge in [-0.3, -0.25) is 0 Å². The molecule has 6 nitrogen and oxygen atoms in total. The minimum atomic E-state index is -0.334. The van der Waals surface area contributed by atoms with Crippen molar-refractivity contribution in [2.75, 3.05) is 34.9 Å². The Kier molecular flexibility index (Phi) is 3.69. The van der Waals surface area contributed by atoms with Crippen LogP contribution in [0.15, 0.2) is 12.1 Å². The summed E-state index contributed by atoms with van der Waals surface area (Å²) in [6, 6.07) is 3.58. The summed E-state index contributed by atoms with van der Waals surface area (Å²) in [5, 5.41) is 0. The first-order valence-corrected chi connectivity index (χ1v) is 5.82. The minimum Gasteiger partial charge on any atom is -0.493 e. The lowest BCUT2D eigenvalue weighted by Gasteiger charge is -2.16. The monoisotopic (exact) mass is 267 g/mol. The van der Waals surface area contributed by atoms with E-state index < -0.39 is 0 Å². The highest BCUT2D eigenvalue weighted by Gasteiger charge is 2.31. The van der Waals surface area contributed by atoms with E-state index in [1.165, 1.54) is 4.90 Å². The van der Waals surface area contributed by atoms with Crippen molar-refractivity contribution in [3.05, 3.63) is 17.7 Å². The highest BCUT2D eigenvalue weighted by molar-refractivity contribution is 5.70. The van der Waals surface area contributed by atoms with Crippen LogP contribution < -0.4 is 14.2 Å². The van der Waals surface area contributed by atoms with Gasteiger partial charge >= 0.3 is 6.09 Å². The van der Waals surface area contributed by atoms with Gasteiger partial charge in [0, 0.05) is 12.6 Å². The minimum absolute atomic E-state index is 0.328. The van der Waals surface area contributed by atoms with Gasteiger partial charge in [0.2, 0.25) is 5.75 Å². The Bertz CT molecular complexity index is 463. The maximum Gasteiger partial charge on any atom is 0.410 e. The molecule has 1 fully saturated rings. The Labute approximate surface area is 111 Å². The SMILES string of the molecule is COc1cc(C2CN(C)C(=O)O2)cc(OC)c1OC. The molecule has 1 aromatic carbocycles. The Balaban J connectivity index is 2.39. The van der Waals surface area contributed by atoms with Crippen LogP contribution in [-0.4, -0.2) is 45.9 Å². The smallest absolute Gasteiger partial charge is 0.410 e. The van der Waals surface area contributed by atoms with Crippen LogP contribution in [0.1, 0.15) is 11.7 Å². The zero-order valence-corrected chi connectivity index (χ0v) is 11.4. The van der Waals surface area contributed by atoms with E-state index in [4.69, 9.17) is 18.9 Å². The number of methoxy groups -OCH3 is 3. The molecule has 0 radical (unpaired) electrons. The maximum atomic E-state index is 11.4. The van der Waals surface area contributed by atoms with E-state index in [2.05, 4.69) is 0 Å². The number of benzene rings is 1. The predicted octanol–water partition coefficient (Wildman–Crippen LogP) is 1.84. The number of carbonyl (C=O) groups excluding carboxylic acids is 1. The first kappa shape index (κ1) is 13.3. The lowest BCUT2D eigenvalue weighted by Crippen LogP contribution is -2.17. The molecule has 0 aliphatic carbocycles. The molecule has 0 saturated carbocycles. The van der Waals surface area contributed by atoms with E-state index in [0.29, 0.717) is 23.8 Å². The van der Waals surface area contributed by atoms with Crippen molar-refractivity contribution in [1.82, 2.24) is 4.90 Å². The summed E-state index contributed by atoms with van der Waals surface area (Å²) in [5.41, 5.74) is 0.812. The number of ether oxygens (including phenoxy) is 4. The number of amides is 1. The summed E-state index contributed by atoms with van der Waals surface area (Å²) in [6.45, 7) is 0.497. The third-order valence-corrected chi connectivity index (χ3v) is 3.05. The van der Waals surface area contributed by atoms with Crippen LogP contribution in [-0.2, 0) is 4.74 Å². The number of likely N-dealkylation sites (N-methyl/N-ethyl adjacent to an activating group) is 1. The second-order valence-corrected chi connectivity index (χ2v) is 4.21. The van der Waals surface area contributed by atoms with Crippen LogP contribution in [0.2, 0.25) is 0 Å². The fourth-order valence-electron chi connectivity index (χ4n) is 2.03. The third kappa shape index (κ3) is 2.38. The van der Waals surface area contributed by atoms with Gasteiger partial charge in [0.05, 0.1) is 27.9 Å². The molecule has 1 unspecified atom stereocenters. The number of cyclic esters (lactones) is 1. The molecule has 0 bridgehead atoms. The average molecular weight is 267 g/mol. The first-order valence-electron chi connectivity index (χ1n) is 5.82. The molecule has 6 heteroatoms. The molecular formula is C13H17NO5. The van der Waals surface area contributed by atoms with Crippen LogP contribution in [0.4, 0.5) is 4.79 Å². The van der Waals surface area contributed by atoms with E-state index in [9.17, 15) is 4.79 Å². The molecule has 1 amide bonds. The molecule has 19 heavy (non-hydrogen) atoms. The highest BCUT2D eigenvalue weighted by Crippen LogP contribution is 2.41. The van der Waals surface area contributed by atoms with E-state index in [0.717, 1.165) is 5.56 Å². The Morgan fingerprint density at radius 2 is 1.74 bits per heavy atom. The molecule has 0 N–H and O–H groups in total. The fraction of sp³-hybridized carbons (Fsp3) is 0.462. The summed E-state index contributed by atoms with van der Waals surface area (Å²) >= 11 is 0. The van der Waals surface area contributed by atoms with Crippen molar-refractivity contribution in [3.8, 4) is 17.2 Å². The second kappa shape index (κ2) is 5.26. The number of rotatable bonds is 4.